The zero-order chi connectivity index (χ0) is 20.5. The van der Waals surface area contributed by atoms with E-state index >= 15 is 0 Å². The van der Waals surface area contributed by atoms with E-state index in [1.54, 1.807) is 17.0 Å². The maximum atomic E-state index is 13.5. The Morgan fingerprint density at radius 2 is 1.86 bits per heavy atom. The number of hydrogen-bond donors (Lipinski definition) is 0. The summed E-state index contributed by atoms with van der Waals surface area (Å²) < 4.78 is 13.5. The molecule has 1 aromatic heterocycles. The molecule has 1 amide bonds. The lowest BCUT2D eigenvalue weighted by molar-refractivity contribution is 0.0733. The Kier molecular flexibility index (Phi) is 5.36. The Morgan fingerprint density at radius 3 is 2.55 bits per heavy atom. The smallest absolute Gasteiger partial charge is 0.254 e. The van der Waals surface area contributed by atoms with Crippen molar-refractivity contribution < 1.29 is 9.18 Å². The molecule has 0 unspecified atom stereocenters. The molecule has 0 atom stereocenters. The summed E-state index contributed by atoms with van der Waals surface area (Å²) in [6.07, 6.45) is 0.667. The molecular weight excluding hydrogens is 371 g/mol. The van der Waals surface area contributed by atoms with Crippen molar-refractivity contribution in [3.05, 3.63) is 46.9 Å². The molecule has 2 aliphatic heterocycles. The van der Waals surface area contributed by atoms with Crippen molar-refractivity contribution in [2.45, 2.75) is 13.0 Å². The van der Waals surface area contributed by atoms with Crippen LogP contribution in [0.4, 0.5) is 16.2 Å². The Balaban J connectivity index is 1.61. The van der Waals surface area contributed by atoms with Crippen molar-refractivity contribution in [1.82, 2.24) is 19.8 Å². The first kappa shape index (κ1) is 19.6. The molecule has 29 heavy (non-hydrogen) atoms. The fraction of sp³-hybridized carbons (Fsp3) is 0.476. The first-order valence-electron chi connectivity index (χ1n) is 9.98. The normalized spacial score (nSPS) is 17.2. The maximum Gasteiger partial charge on any atom is 0.254 e. The molecule has 4 rings (SSSR count). The molecule has 1 saturated heterocycles. The van der Waals surface area contributed by atoms with Gasteiger partial charge in [0.05, 0.1) is 12.2 Å². The standard InChI is InChI=1S/C21H27FN6O/c1-25(2)19-17-14-28(20(29)15-5-4-6-16(22)13-15)8-7-18(17)23-21(24-19)27-11-9-26(3)10-12-27/h4-6,13H,7-12,14H2,1-3H3. The van der Waals surface area contributed by atoms with Crippen LogP contribution in [0.15, 0.2) is 24.3 Å². The van der Waals surface area contributed by atoms with Gasteiger partial charge < -0.3 is 19.6 Å². The van der Waals surface area contributed by atoms with Gasteiger partial charge in [-0.05, 0) is 25.2 Å². The van der Waals surface area contributed by atoms with Gasteiger partial charge in [-0.1, -0.05) is 6.07 Å². The van der Waals surface area contributed by atoms with Crippen LogP contribution in [-0.2, 0) is 13.0 Å². The molecule has 0 spiro atoms. The summed E-state index contributed by atoms with van der Waals surface area (Å²) in [6.45, 7) is 4.80. The third-order valence-electron chi connectivity index (χ3n) is 5.60. The number of hydrogen-bond acceptors (Lipinski definition) is 6. The Morgan fingerprint density at radius 1 is 1.10 bits per heavy atom. The van der Waals surface area contributed by atoms with Crippen LogP contribution in [0.25, 0.3) is 0 Å². The van der Waals surface area contributed by atoms with Gasteiger partial charge in [-0.2, -0.15) is 4.98 Å². The number of benzene rings is 1. The van der Waals surface area contributed by atoms with Gasteiger partial charge in [-0.25, -0.2) is 9.37 Å². The van der Waals surface area contributed by atoms with E-state index < -0.39 is 5.82 Å². The van der Waals surface area contributed by atoms with Crippen LogP contribution < -0.4 is 9.80 Å². The average Bonchev–Trinajstić information content (AvgIpc) is 2.72. The molecule has 8 heteroatoms. The van der Waals surface area contributed by atoms with Crippen molar-refractivity contribution in [1.29, 1.82) is 0 Å². The quantitative estimate of drug-likeness (QED) is 0.784. The number of piperazine rings is 1. The summed E-state index contributed by atoms with van der Waals surface area (Å²) in [5.74, 6) is 1.05. The summed E-state index contributed by atoms with van der Waals surface area (Å²) in [5.41, 5.74) is 2.35. The molecule has 0 bridgehead atoms. The van der Waals surface area contributed by atoms with Gasteiger partial charge in [0.2, 0.25) is 5.95 Å². The molecule has 7 nitrogen and oxygen atoms in total. The van der Waals surface area contributed by atoms with E-state index in [2.05, 4.69) is 16.8 Å². The molecule has 2 aliphatic rings. The van der Waals surface area contributed by atoms with Crippen LogP contribution in [0.3, 0.4) is 0 Å². The minimum absolute atomic E-state index is 0.164. The molecule has 154 valence electrons. The van der Waals surface area contributed by atoms with E-state index in [0.29, 0.717) is 25.1 Å². The van der Waals surface area contributed by atoms with Crippen molar-refractivity contribution in [2.75, 3.05) is 63.7 Å². The van der Waals surface area contributed by atoms with Crippen LogP contribution in [0, 0.1) is 5.82 Å². The summed E-state index contributed by atoms with van der Waals surface area (Å²) in [4.78, 5) is 30.8. The van der Waals surface area contributed by atoms with Gasteiger partial charge in [0.25, 0.3) is 5.91 Å². The molecule has 3 heterocycles. The molecule has 1 fully saturated rings. The highest BCUT2D eigenvalue weighted by Crippen LogP contribution is 2.29. The summed E-state index contributed by atoms with van der Waals surface area (Å²) in [7, 11) is 6.05. The van der Waals surface area contributed by atoms with Gasteiger partial charge in [0.15, 0.2) is 0 Å². The summed E-state index contributed by atoms with van der Waals surface area (Å²) in [6, 6.07) is 5.86. The van der Waals surface area contributed by atoms with Crippen LogP contribution in [0.1, 0.15) is 21.6 Å². The second kappa shape index (κ2) is 7.94. The number of likely N-dealkylation sites (N-methyl/N-ethyl adjacent to an activating group) is 1. The van der Waals surface area contributed by atoms with E-state index in [4.69, 9.17) is 9.97 Å². The molecule has 2 aromatic rings. The highest BCUT2D eigenvalue weighted by Gasteiger charge is 2.28. The number of carbonyl (C=O) groups is 1. The average molecular weight is 398 g/mol. The van der Waals surface area contributed by atoms with Crippen LogP contribution >= 0.6 is 0 Å². The zero-order valence-electron chi connectivity index (χ0n) is 17.2. The molecule has 0 saturated carbocycles. The summed E-state index contributed by atoms with van der Waals surface area (Å²) in [5, 5.41) is 0. The maximum absolute atomic E-state index is 13.5. The Bertz CT molecular complexity index is 910. The first-order chi connectivity index (χ1) is 13.9. The van der Waals surface area contributed by atoms with Gasteiger partial charge in [-0.15, -0.1) is 0 Å². The zero-order valence-corrected chi connectivity index (χ0v) is 17.2. The molecule has 1 aromatic carbocycles. The number of amides is 1. The highest BCUT2D eigenvalue weighted by molar-refractivity contribution is 5.94. The molecular formula is C21H27FN6O. The van der Waals surface area contributed by atoms with Crippen molar-refractivity contribution in [2.24, 2.45) is 0 Å². The topological polar surface area (TPSA) is 55.8 Å². The van der Waals surface area contributed by atoms with Gasteiger partial charge in [0.1, 0.15) is 11.6 Å². The van der Waals surface area contributed by atoms with Crippen molar-refractivity contribution in [3.8, 4) is 0 Å². The first-order valence-corrected chi connectivity index (χ1v) is 9.98. The van der Waals surface area contributed by atoms with Crippen LogP contribution in [0.2, 0.25) is 0 Å². The monoisotopic (exact) mass is 398 g/mol. The Labute approximate surface area is 170 Å². The van der Waals surface area contributed by atoms with Gasteiger partial charge in [0, 0.05) is 64.4 Å². The van der Waals surface area contributed by atoms with E-state index in [-0.39, 0.29) is 5.91 Å². The van der Waals surface area contributed by atoms with E-state index in [1.165, 1.54) is 12.1 Å². The number of anilines is 2. The molecule has 0 aliphatic carbocycles. The molecule has 0 radical (unpaired) electrons. The second-order valence-corrected chi connectivity index (χ2v) is 7.94. The number of carbonyl (C=O) groups excluding carboxylic acids is 1. The Hall–Kier alpha value is -2.74. The second-order valence-electron chi connectivity index (χ2n) is 7.94. The van der Waals surface area contributed by atoms with E-state index in [1.807, 2.05) is 19.0 Å². The minimum atomic E-state index is -0.401. The lowest BCUT2D eigenvalue weighted by atomic mass is 10.0. The number of fused-ring (bicyclic) bond motifs is 1. The SMILES string of the molecule is CN1CCN(c2nc3c(c(N(C)C)n2)CN(C(=O)c2cccc(F)c2)CC3)CC1. The van der Waals surface area contributed by atoms with Crippen LogP contribution in [0.5, 0.6) is 0 Å². The molecule has 0 N–H and O–H groups in total. The summed E-state index contributed by atoms with van der Waals surface area (Å²) >= 11 is 0. The number of nitrogens with zero attached hydrogens (tertiary/aromatic N) is 6. The predicted octanol–water partition coefficient (Wildman–Crippen LogP) is 1.63. The lowest BCUT2D eigenvalue weighted by Gasteiger charge is -2.35. The van der Waals surface area contributed by atoms with Crippen molar-refractivity contribution in [3.63, 3.8) is 0 Å². The fourth-order valence-corrected chi connectivity index (χ4v) is 3.88. The third-order valence-corrected chi connectivity index (χ3v) is 5.60. The lowest BCUT2D eigenvalue weighted by Crippen LogP contribution is -2.45. The third kappa shape index (κ3) is 4.03. The van der Waals surface area contributed by atoms with Gasteiger partial charge in [-0.3, -0.25) is 4.79 Å². The van der Waals surface area contributed by atoms with E-state index in [9.17, 15) is 9.18 Å². The van der Waals surface area contributed by atoms with E-state index in [0.717, 1.165) is 49.2 Å². The van der Waals surface area contributed by atoms with Gasteiger partial charge >= 0.3 is 0 Å². The predicted molar refractivity (Wildman–Crippen MR) is 111 cm³/mol. The number of aromatic nitrogens is 2. The number of halogens is 1. The largest absolute Gasteiger partial charge is 0.362 e. The highest BCUT2D eigenvalue weighted by atomic mass is 19.1. The van der Waals surface area contributed by atoms with Crippen LogP contribution in [-0.4, -0.2) is 79.5 Å². The minimum Gasteiger partial charge on any atom is -0.362 e. The number of rotatable bonds is 3. The van der Waals surface area contributed by atoms with Crippen molar-refractivity contribution >= 4 is 17.7 Å². The fourth-order valence-electron chi connectivity index (χ4n) is 3.88.